The molecule has 3 aromatic rings. The van der Waals surface area contributed by atoms with E-state index in [1.54, 1.807) is 6.20 Å². The van der Waals surface area contributed by atoms with Crippen LogP contribution in [0.25, 0.3) is 11.4 Å². The van der Waals surface area contributed by atoms with Crippen molar-refractivity contribution in [1.29, 1.82) is 0 Å². The van der Waals surface area contributed by atoms with Gasteiger partial charge in [-0.05, 0) is 18.2 Å². The van der Waals surface area contributed by atoms with Crippen LogP contribution in [0.5, 0.6) is 0 Å². The summed E-state index contributed by atoms with van der Waals surface area (Å²) in [5.74, 6) is -2.83. The van der Waals surface area contributed by atoms with Gasteiger partial charge in [0.1, 0.15) is 5.82 Å². The van der Waals surface area contributed by atoms with E-state index in [0.717, 1.165) is 29.5 Å². The molecule has 0 saturated heterocycles. The fourth-order valence-corrected chi connectivity index (χ4v) is 3.38. The highest BCUT2D eigenvalue weighted by Gasteiger charge is 2.30. The number of aromatic nitrogens is 2. The van der Waals surface area contributed by atoms with Crippen LogP contribution in [0.4, 0.5) is 26.3 Å². The van der Waals surface area contributed by atoms with Crippen molar-refractivity contribution in [3.8, 4) is 11.4 Å². The van der Waals surface area contributed by atoms with E-state index >= 15 is 0 Å². The third-order valence-electron chi connectivity index (χ3n) is 4.97. The first-order valence-electron chi connectivity index (χ1n) is 9.09. The molecule has 4 rings (SSSR count). The highest BCUT2D eigenvalue weighted by molar-refractivity contribution is 5.56. The Morgan fingerprint density at radius 1 is 0.933 bits per heavy atom. The summed E-state index contributed by atoms with van der Waals surface area (Å²) < 4.78 is 78.5. The van der Waals surface area contributed by atoms with E-state index in [1.165, 1.54) is 12.1 Å². The molecule has 1 aliphatic rings. The Bertz CT molecular complexity index is 1080. The first-order valence-corrected chi connectivity index (χ1v) is 9.09. The molecule has 2 aromatic carbocycles. The fraction of sp³-hybridized carbons (Fsp3) is 0.238. The number of nitrogens with zero attached hydrogens (tertiary/aromatic N) is 3. The Hall–Kier alpha value is -2.94. The molecule has 1 aromatic heterocycles. The van der Waals surface area contributed by atoms with E-state index in [9.17, 15) is 26.3 Å². The normalized spacial score (nSPS) is 14.6. The predicted molar refractivity (Wildman–Crippen MR) is 96.6 cm³/mol. The number of benzene rings is 2. The molecule has 0 aliphatic carbocycles. The van der Waals surface area contributed by atoms with Crippen molar-refractivity contribution in [2.45, 2.75) is 25.7 Å². The summed E-state index contributed by atoms with van der Waals surface area (Å²) in [7, 11) is 0. The lowest BCUT2D eigenvalue weighted by Gasteiger charge is -2.28. The average Bonchev–Trinajstić information content (AvgIpc) is 2.71. The smallest absolute Gasteiger partial charge is 0.294 e. The summed E-state index contributed by atoms with van der Waals surface area (Å²) in [4.78, 5) is 10.6. The summed E-state index contributed by atoms with van der Waals surface area (Å²) in [5.41, 5.74) is 1.32. The minimum atomic E-state index is -4.41. The predicted octanol–water partition coefficient (Wildman–Crippen LogP) is 5.14. The van der Waals surface area contributed by atoms with E-state index in [4.69, 9.17) is 0 Å². The third-order valence-corrected chi connectivity index (χ3v) is 4.97. The summed E-state index contributed by atoms with van der Waals surface area (Å²) in [5, 5.41) is 0. The molecule has 0 fully saturated rings. The summed E-state index contributed by atoms with van der Waals surface area (Å²) in [6.45, 7) is 0.999. The van der Waals surface area contributed by atoms with E-state index in [0.29, 0.717) is 37.0 Å². The Labute approximate surface area is 168 Å². The second-order valence-electron chi connectivity index (χ2n) is 7.06. The standard InChI is InChI=1S/C21H15F6N3/c22-16-8-18(24)17(23)7-13(16)10-30-6-5-19-14(11-30)9-28-20(29-19)12-1-3-15(4-2-12)21(25,26)27/h1-4,7-9H,5-6,10-11H2. The second-order valence-corrected chi connectivity index (χ2v) is 7.06. The quantitative estimate of drug-likeness (QED) is 0.432. The lowest BCUT2D eigenvalue weighted by molar-refractivity contribution is -0.137. The lowest BCUT2D eigenvalue weighted by atomic mass is 10.0. The summed E-state index contributed by atoms with van der Waals surface area (Å²) >= 11 is 0. The first kappa shape index (κ1) is 20.3. The van der Waals surface area contributed by atoms with E-state index < -0.39 is 29.2 Å². The highest BCUT2D eigenvalue weighted by atomic mass is 19.4. The molecular formula is C21H15F6N3. The van der Waals surface area contributed by atoms with Gasteiger partial charge in [-0.25, -0.2) is 23.1 Å². The molecule has 0 amide bonds. The van der Waals surface area contributed by atoms with Crippen LogP contribution in [0, 0.1) is 17.5 Å². The van der Waals surface area contributed by atoms with Gasteiger partial charge in [0.2, 0.25) is 0 Å². The zero-order chi connectivity index (χ0) is 21.5. The van der Waals surface area contributed by atoms with Gasteiger partial charge in [-0.15, -0.1) is 0 Å². The van der Waals surface area contributed by atoms with Crippen LogP contribution in [-0.4, -0.2) is 21.4 Å². The largest absolute Gasteiger partial charge is 0.416 e. The van der Waals surface area contributed by atoms with Crippen molar-refractivity contribution in [3.05, 3.63) is 82.4 Å². The first-order chi connectivity index (χ1) is 14.2. The molecule has 0 atom stereocenters. The van der Waals surface area contributed by atoms with Crippen LogP contribution in [0.3, 0.4) is 0 Å². The van der Waals surface area contributed by atoms with Crippen molar-refractivity contribution >= 4 is 0 Å². The van der Waals surface area contributed by atoms with Gasteiger partial charge in [-0.1, -0.05) is 12.1 Å². The van der Waals surface area contributed by atoms with Gasteiger partial charge in [-0.2, -0.15) is 13.2 Å². The van der Waals surface area contributed by atoms with Gasteiger partial charge in [0, 0.05) is 55.0 Å². The molecule has 2 heterocycles. The van der Waals surface area contributed by atoms with Gasteiger partial charge in [0.15, 0.2) is 17.5 Å². The average molecular weight is 423 g/mol. The molecule has 0 saturated carbocycles. The molecule has 0 unspecified atom stereocenters. The van der Waals surface area contributed by atoms with Crippen LogP contribution in [0.2, 0.25) is 0 Å². The van der Waals surface area contributed by atoms with E-state index in [-0.39, 0.29) is 12.1 Å². The summed E-state index contributed by atoms with van der Waals surface area (Å²) in [6.07, 6.45) is -2.31. The molecular weight excluding hydrogens is 408 g/mol. The zero-order valence-corrected chi connectivity index (χ0v) is 15.5. The van der Waals surface area contributed by atoms with Crippen molar-refractivity contribution in [3.63, 3.8) is 0 Å². The zero-order valence-electron chi connectivity index (χ0n) is 15.5. The highest BCUT2D eigenvalue weighted by Crippen LogP contribution is 2.31. The molecule has 0 N–H and O–H groups in total. The van der Waals surface area contributed by atoms with Gasteiger partial charge in [-0.3, -0.25) is 4.90 Å². The number of halogens is 6. The topological polar surface area (TPSA) is 29.0 Å². The number of hydrogen-bond acceptors (Lipinski definition) is 3. The van der Waals surface area contributed by atoms with Crippen molar-refractivity contribution < 1.29 is 26.3 Å². The van der Waals surface area contributed by atoms with E-state index in [2.05, 4.69) is 9.97 Å². The van der Waals surface area contributed by atoms with Crippen LogP contribution in [0.15, 0.2) is 42.6 Å². The maximum absolute atomic E-state index is 13.9. The molecule has 30 heavy (non-hydrogen) atoms. The Morgan fingerprint density at radius 2 is 1.63 bits per heavy atom. The van der Waals surface area contributed by atoms with Crippen LogP contribution in [-0.2, 0) is 25.7 Å². The minimum Gasteiger partial charge on any atom is -0.294 e. The number of fused-ring (bicyclic) bond motifs is 1. The van der Waals surface area contributed by atoms with Crippen LogP contribution >= 0.6 is 0 Å². The van der Waals surface area contributed by atoms with Crippen LogP contribution in [0.1, 0.15) is 22.4 Å². The number of alkyl halides is 3. The number of rotatable bonds is 3. The Kier molecular flexibility index (Phi) is 5.23. The van der Waals surface area contributed by atoms with Crippen molar-refractivity contribution in [2.75, 3.05) is 6.54 Å². The second kappa shape index (κ2) is 7.71. The molecule has 3 nitrogen and oxygen atoms in total. The molecule has 156 valence electrons. The van der Waals surface area contributed by atoms with E-state index in [1.807, 2.05) is 4.90 Å². The molecule has 9 heteroatoms. The maximum atomic E-state index is 13.9. The van der Waals surface area contributed by atoms with Gasteiger partial charge < -0.3 is 0 Å². The summed E-state index contributed by atoms with van der Waals surface area (Å²) in [6, 6.07) is 6.00. The molecule has 0 radical (unpaired) electrons. The van der Waals surface area contributed by atoms with Crippen molar-refractivity contribution in [2.24, 2.45) is 0 Å². The molecule has 0 bridgehead atoms. The van der Waals surface area contributed by atoms with Gasteiger partial charge >= 0.3 is 6.18 Å². The van der Waals surface area contributed by atoms with Crippen molar-refractivity contribution in [1.82, 2.24) is 14.9 Å². The Balaban J connectivity index is 1.50. The maximum Gasteiger partial charge on any atom is 0.416 e. The fourth-order valence-electron chi connectivity index (χ4n) is 3.38. The molecule has 0 spiro atoms. The lowest BCUT2D eigenvalue weighted by Crippen LogP contribution is -2.31. The SMILES string of the molecule is Fc1cc(F)c(CN2CCc3nc(-c4ccc(C(F)(F)F)cc4)ncc3C2)cc1F. The number of hydrogen-bond donors (Lipinski definition) is 0. The Morgan fingerprint density at radius 3 is 2.33 bits per heavy atom. The monoisotopic (exact) mass is 423 g/mol. The minimum absolute atomic E-state index is 0.0552. The third kappa shape index (κ3) is 4.16. The van der Waals surface area contributed by atoms with Crippen LogP contribution < -0.4 is 0 Å². The molecule has 1 aliphatic heterocycles. The van der Waals surface area contributed by atoms with Gasteiger partial charge in [0.05, 0.1) is 11.3 Å². The van der Waals surface area contributed by atoms with Gasteiger partial charge in [0.25, 0.3) is 0 Å².